The second-order valence-electron chi connectivity index (χ2n) is 4.07. The van der Waals surface area contributed by atoms with Crippen molar-refractivity contribution in [3.05, 3.63) is 27.4 Å². The molecule has 4 heteroatoms. The lowest BCUT2D eigenvalue weighted by atomic mass is 10.1. The molecule has 1 rings (SSSR count). The Morgan fingerprint density at radius 3 is 2.62 bits per heavy atom. The molecule has 1 heterocycles. The van der Waals surface area contributed by atoms with Crippen LogP contribution in [0.5, 0.6) is 0 Å². The van der Waals surface area contributed by atoms with E-state index >= 15 is 0 Å². The molecule has 0 radical (unpaired) electrons. The van der Waals surface area contributed by atoms with Gasteiger partial charge in [-0.05, 0) is 18.6 Å². The van der Waals surface area contributed by atoms with Crippen molar-refractivity contribution in [3.8, 4) is 0 Å². The van der Waals surface area contributed by atoms with Crippen LogP contribution in [0.2, 0.25) is 0 Å². The maximum atomic E-state index is 11.0. The fraction of sp³-hybridized carbons (Fsp3) is 0.667. The van der Waals surface area contributed by atoms with E-state index in [1.54, 1.807) is 6.20 Å². The predicted molar refractivity (Wildman–Crippen MR) is 69.3 cm³/mol. The molecule has 0 unspecified atom stereocenters. The first-order valence-corrected chi connectivity index (χ1v) is 6.44. The minimum absolute atomic E-state index is 0.121. The highest BCUT2D eigenvalue weighted by atomic mass is 32.1. The standard InChI is InChI=1S/C12H20N2OS/c1-2-3-4-5-6-7-9-14-10-8-11(15)13-12(14)16/h8,10H,2-7,9H2,1H3,(H,13,15,16). The van der Waals surface area contributed by atoms with E-state index < -0.39 is 0 Å². The fourth-order valence-electron chi connectivity index (χ4n) is 1.68. The van der Waals surface area contributed by atoms with Crippen molar-refractivity contribution >= 4 is 12.2 Å². The molecule has 0 saturated heterocycles. The van der Waals surface area contributed by atoms with Crippen molar-refractivity contribution in [3.63, 3.8) is 0 Å². The van der Waals surface area contributed by atoms with Gasteiger partial charge >= 0.3 is 0 Å². The number of aromatic nitrogens is 2. The molecule has 0 aliphatic heterocycles. The zero-order chi connectivity index (χ0) is 11.8. The molecule has 0 saturated carbocycles. The van der Waals surface area contributed by atoms with Crippen LogP contribution in [0.15, 0.2) is 17.1 Å². The number of H-pyrrole nitrogens is 1. The third kappa shape index (κ3) is 4.75. The Morgan fingerprint density at radius 1 is 1.25 bits per heavy atom. The first kappa shape index (κ1) is 13.2. The lowest BCUT2D eigenvalue weighted by molar-refractivity contribution is 0.548. The summed E-state index contributed by atoms with van der Waals surface area (Å²) in [4.78, 5) is 13.6. The van der Waals surface area contributed by atoms with Gasteiger partial charge in [0.25, 0.3) is 5.56 Å². The van der Waals surface area contributed by atoms with E-state index in [0.717, 1.165) is 13.0 Å². The minimum Gasteiger partial charge on any atom is -0.325 e. The van der Waals surface area contributed by atoms with Crippen molar-refractivity contribution < 1.29 is 0 Å². The molecule has 0 atom stereocenters. The van der Waals surface area contributed by atoms with E-state index in [0.29, 0.717) is 4.77 Å². The quantitative estimate of drug-likeness (QED) is 0.587. The highest BCUT2D eigenvalue weighted by Crippen LogP contribution is 2.05. The first-order chi connectivity index (χ1) is 7.74. The van der Waals surface area contributed by atoms with Gasteiger partial charge in [0, 0.05) is 18.8 Å². The second-order valence-corrected chi connectivity index (χ2v) is 4.46. The van der Waals surface area contributed by atoms with Crippen LogP contribution in [-0.2, 0) is 6.54 Å². The van der Waals surface area contributed by atoms with Crippen molar-refractivity contribution in [1.29, 1.82) is 0 Å². The van der Waals surface area contributed by atoms with E-state index in [-0.39, 0.29) is 5.56 Å². The molecule has 0 aliphatic carbocycles. The Balaban J connectivity index is 2.27. The predicted octanol–water partition coefficient (Wildman–Crippen LogP) is 3.27. The van der Waals surface area contributed by atoms with Gasteiger partial charge in [0.05, 0.1) is 0 Å². The van der Waals surface area contributed by atoms with Gasteiger partial charge in [-0.15, -0.1) is 0 Å². The molecule has 1 N–H and O–H groups in total. The molecule has 0 amide bonds. The minimum atomic E-state index is -0.121. The molecule has 1 aromatic heterocycles. The second kappa shape index (κ2) is 7.39. The molecule has 0 aliphatic rings. The highest BCUT2D eigenvalue weighted by molar-refractivity contribution is 7.71. The van der Waals surface area contributed by atoms with Gasteiger partial charge in [-0.3, -0.25) is 9.78 Å². The summed E-state index contributed by atoms with van der Waals surface area (Å²) in [6.45, 7) is 3.13. The summed E-state index contributed by atoms with van der Waals surface area (Å²) < 4.78 is 2.46. The lowest BCUT2D eigenvalue weighted by Crippen LogP contribution is -2.11. The van der Waals surface area contributed by atoms with Crippen LogP contribution in [-0.4, -0.2) is 9.55 Å². The Hall–Kier alpha value is -0.900. The van der Waals surface area contributed by atoms with Crippen LogP contribution in [0, 0.1) is 4.77 Å². The molecule has 0 bridgehead atoms. The Morgan fingerprint density at radius 2 is 1.94 bits per heavy atom. The highest BCUT2D eigenvalue weighted by Gasteiger charge is 1.94. The van der Waals surface area contributed by atoms with Crippen molar-refractivity contribution in [2.45, 2.75) is 52.0 Å². The molecule has 0 spiro atoms. The lowest BCUT2D eigenvalue weighted by Gasteiger charge is -2.05. The van der Waals surface area contributed by atoms with Gasteiger partial charge < -0.3 is 4.57 Å². The molecular weight excluding hydrogens is 220 g/mol. The summed E-state index contributed by atoms with van der Waals surface area (Å²) in [5.74, 6) is 0. The summed E-state index contributed by atoms with van der Waals surface area (Å²) in [5.41, 5.74) is -0.121. The summed E-state index contributed by atoms with van der Waals surface area (Å²) in [7, 11) is 0. The average Bonchev–Trinajstić information content (AvgIpc) is 2.26. The topological polar surface area (TPSA) is 37.8 Å². The summed E-state index contributed by atoms with van der Waals surface area (Å²) >= 11 is 5.07. The number of aromatic amines is 1. The normalized spacial score (nSPS) is 10.6. The van der Waals surface area contributed by atoms with E-state index in [1.807, 2.05) is 4.57 Å². The Kier molecular flexibility index (Phi) is 6.08. The van der Waals surface area contributed by atoms with Crippen LogP contribution in [0.25, 0.3) is 0 Å². The van der Waals surface area contributed by atoms with Gasteiger partial charge in [0.2, 0.25) is 0 Å². The molecular formula is C12H20N2OS. The molecule has 0 fully saturated rings. The smallest absolute Gasteiger partial charge is 0.251 e. The molecule has 16 heavy (non-hydrogen) atoms. The number of hydrogen-bond acceptors (Lipinski definition) is 2. The summed E-state index contributed by atoms with van der Waals surface area (Å²) in [6, 6.07) is 1.52. The SMILES string of the molecule is CCCCCCCCn1ccc(=O)[nH]c1=S. The third-order valence-electron chi connectivity index (χ3n) is 2.65. The zero-order valence-electron chi connectivity index (χ0n) is 9.87. The number of rotatable bonds is 7. The Bertz CT molecular complexity index is 408. The van der Waals surface area contributed by atoms with E-state index in [9.17, 15) is 4.79 Å². The zero-order valence-corrected chi connectivity index (χ0v) is 10.7. The largest absolute Gasteiger partial charge is 0.325 e. The van der Waals surface area contributed by atoms with Crippen LogP contribution in [0.1, 0.15) is 45.4 Å². The molecule has 3 nitrogen and oxygen atoms in total. The molecule has 0 aromatic carbocycles. The third-order valence-corrected chi connectivity index (χ3v) is 2.99. The van der Waals surface area contributed by atoms with Gasteiger partial charge in [-0.25, -0.2) is 0 Å². The fourth-order valence-corrected chi connectivity index (χ4v) is 1.94. The molecule has 90 valence electrons. The van der Waals surface area contributed by atoms with Crippen LogP contribution < -0.4 is 5.56 Å². The van der Waals surface area contributed by atoms with Gasteiger partial charge in [-0.1, -0.05) is 39.0 Å². The maximum absolute atomic E-state index is 11.0. The van der Waals surface area contributed by atoms with E-state index in [4.69, 9.17) is 12.2 Å². The number of nitrogens with zero attached hydrogens (tertiary/aromatic N) is 1. The molecule has 1 aromatic rings. The van der Waals surface area contributed by atoms with Crippen LogP contribution >= 0.6 is 12.2 Å². The van der Waals surface area contributed by atoms with E-state index in [2.05, 4.69) is 11.9 Å². The van der Waals surface area contributed by atoms with Gasteiger partial charge in [0.15, 0.2) is 4.77 Å². The number of aryl methyl sites for hydroxylation is 1. The van der Waals surface area contributed by atoms with Crippen LogP contribution in [0.4, 0.5) is 0 Å². The van der Waals surface area contributed by atoms with Gasteiger partial charge in [0.1, 0.15) is 0 Å². The van der Waals surface area contributed by atoms with Gasteiger partial charge in [-0.2, -0.15) is 0 Å². The van der Waals surface area contributed by atoms with Crippen molar-refractivity contribution in [2.24, 2.45) is 0 Å². The number of hydrogen-bond donors (Lipinski definition) is 1. The summed E-state index contributed by atoms with van der Waals surface area (Å²) in [6.07, 6.45) is 9.37. The average molecular weight is 240 g/mol. The maximum Gasteiger partial charge on any atom is 0.251 e. The van der Waals surface area contributed by atoms with Crippen LogP contribution in [0.3, 0.4) is 0 Å². The van der Waals surface area contributed by atoms with Crippen molar-refractivity contribution in [1.82, 2.24) is 9.55 Å². The monoisotopic (exact) mass is 240 g/mol. The number of unbranched alkanes of at least 4 members (excludes halogenated alkanes) is 5. The Labute approximate surface area is 102 Å². The summed E-state index contributed by atoms with van der Waals surface area (Å²) in [5, 5.41) is 0. The van der Waals surface area contributed by atoms with Crippen molar-refractivity contribution in [2.75, 3.05) is 0 Å². The first-order valence-electron chi connectivity index (χ1n) is 6.04. The number of nitrogens with one attached hydrogen (secondary N) is 1. The van der Waals surface area contributed by atoms with E-state index in [1.165, 1.54) is 38.2 Å².